The van der Waals surface area contributed by atoms with Crippen molar-refractivity contribution in [1.82, 2.24) is 24.9 Å². The molecule has 0 spiro atoms. The van der Waals surface area contributed by atoms with Crippen LogP contribution >= 0.6 is 0 Å². The Morgan fingerprint density at radius 3 is 2.50 bits per heavy atom. The van der Waals surface area contributed by atoms with Gasteiger partial charge in [-0.1, -0.05) is 0 Å². The van der Waals surface area contributed by atoms with E-state index in [0.29, 0.717) is 12.4 Å². The van der Waals surface area contributed by atoms with E-state index in [4.69, 9.17) is 4.74 Å². The van der Waals surface area contributed by atoms with E-state index in [1.165, 1.54) is 0 Å². The van der Waals surface area contributed by atoms with Gasteiger partial charge in [-0.25, -0.2) is 4.79 Å². The SMILES string of the molecule is CN1CCN(C(=O)N2CC[C@@H](Oc3ccc(N(C)C)nn3)C2)CC1. The van der Waals surface area contributed by atoms with Crippen molar-refractivity contribution in [3.8, 4) is 5.88 Å². The zero-order chi connectivity index (χ0) is 17.1. The molecule has 0 radical (unpaired) electrons. The Bertz CT molecular complexity index is 556. The zero-order valence-corrected chi connectivity index (χ0v) is 14.7. The number of carbonyl (C=O) groups is 1. The highest BCUT2D eigenvalue weighted by atomic mass is 16.5. The lowest BCUT2D eigenvalue weighted by atomic mass is 10.3. The van der Waals surface area contributed by atoms with Crippen molar-refractivity contribution in [3.63, 3.8) is 0 Å². The maximum Gasteiger partial charge on any atom is 0.320 e. The molecular weight excluding hydrogens is 308 g/mol. The Morgan fingerprint density at radius 2 is 1.88 bits per heavy atom. The van der Waals surface area contributed by atoms with Gasteiger partial charge in [0.05, 0.1) is 6.54 Å². The second kappa shape index (κ2) is 7.21. The summed E-state index contributed by atoms with van der Waals surface area (Å²) in [6, 6.07) is 3.83. The third-order valence-electron chi connectivity index (χ3n) is 4.56. The Kier molecular flexibility index (Phi) is 5.03. The van der Waals surface area contributed by atoms with Gasteiger partial charge < -0.3 is 24.3 Å². The van der Waals surface area contributed by atoms with Crippen LogP contribution in [0.25, 0.3) is 0 Å². The summed E-state index contributed by atoms with van der Waals surface area (Å²) in [6.45, 7) is 4.83. The number of amides is 2. The number of ether oxygens (including phenoxy) is 1. The Balaban J connectivity index is 1.50. The molecule has 8 heteroatoms. The average molecular weight is 334 g/mol. The fourth-order valence-electron chi connectivity index (χ4n) is 2.98. The fraction of sp³-hybridized carbons (Fsp3) is 0.688. The van der Waals surface area contributed by atoms with Gasteiger partial charge in [0.15, 0.2) is 5.82 Å². The third kappa shape index (κ3) is 3.87. The summed E-state index contributed by atoms with van der Waals surface area (Å²) in [5.41, 5.74) is 0. The van der Waals surface area contributed by atoms with Crippen molar-refractivity contribution in [2.24, 2.45) is 0 Å². The van der Waals surface area contributed by atoms with Crippen LogP contribution in [-0.4, -0.2) is 97.4 Å². The second-order valence-electron chi connectivity index (χ2n) is 6.67. The maximum absolute atomic E-state index is 12.6. The van der Waals surface area contributed by atoms with Gasteiger partial charge >= 0.3 is 6.03 Å². The van der Waals surface area contributed by atoms with Gasteiger partial charge in [-0.2, -0.15) is 0 Å². The molecule has 0 N–H and O–H groups in total. The topological polar surface area (TPSA) is 65.0 Å². The number of piperazine rings is 1. The monoisotopic (exact) mass is 334 g/mol. The Morgan fingerprint density at radius 1 is 1.12 bits per heavy atom. The summed E-state index contributed by atoms with van der Waals surface area (Å²) in [5, 5.41) is 8.21. The minimum atomic E-state index is -0.0130. The van der Waals surface area contributed by atoms with Crippen LogP contribution in [0.15, 0.2) is 12.1 Å². The largest absolute Gasteiger partial charge is 0.471 e. The molecule has 0 unspecified atom stereocenters. The van der Waals surface area contributed by atoms with Crippen molar-refractivity contribution in [2.75, 3.05) is 65.3 Å². The van der Waals surface area contributed by atoms with Crippen molar-refractivity contribution >= 4 is 11.8 Å². The van der Waals surface area contributed by atoms with Crippen LogP contribution in [-0.2, 0) is 0 Å². The van der Waals surface area contributed by atoms with Gasteiger partial charge in [-0.05, 0) is 13.1 Å². The van der Waals surface area contributed by atoms with Gasteiger partial charge in [-0.15, -0.1) is 10.2 Å². The summed E-state index contributed by atoms with van der Waals surface area (Å²) >= 11 is 0. The predicted octanol–water partition coefficient (Wildman–Crippen LogP) is 0.363. The van der Waals surface area contributed by atoms with E-state index in [2.05, 4.69) is 22.1 Å². The molecule has 1 aromatic rings. The number of hydrogen-bond donors (Lipinski definition) is 0. The number of carbonyl (C=O) groups excluding carboxylic acids is 1. The second-order valence-corrected chi connectivity index (χ2v) is 6.67. The summed E-state index contributed by atoms with van der Waals surface area (Å²) in [4.78, 5) is 20.5. The molecule has 3 heterocycles. The van der Waals surface area contributed by atoms with Gasteiger partial charge in [0.2, 0.25) is 5.88 Å². The molecule has 0 aliphatic carbocycles. The molecule has 1 atom stereocenters. The lowest BCUT2D eigenvalue weighted by Gasteiger charge is -2.34. The quantitative estimate of drug-likeness (QED) is 0.795. The lowest BCUT2D eigenvalue weighted by molar-refractivity contribution is 0.123. The van der Waals surface area contributed by atoms with Crippen LogP contribution in [0.5, 0.6) is 5.88 Å². The summed E-state index contributed by atoms with van der Waals surface area (Å²) in [5.74, 6) is 1.31. The van der Waals surface area contributed by atoms with Crippen LogP contribution in [0.3, 0.4) is 0 Å². The molecule has 2 aliphatic rings. The van der Waals surface area contributed by atoms with E-state index in [-0.39, 0.29) is 12.1 Å². The highest BCUT2D eigenvalue weighted by Gasteiger charge is 2.31. The summed E-state index contributed by atoms with van der Waals surface area (Å²) < 4.78 is 5.88. The molecule has 1 aromatic heterocycles. The number of likely N-dealkylation sites (N-methyl/N-ethyl adjacent to an activating group) is 1. The molecule has 2 saturated heterocycles. The van der Waals surface area contributed by atoms with Crippen molar-refractivity contribution in [2.45, 2.75) is 12.5 Å². The van der Waals surface area contributed by atoms with Crippen LogP contribution in [0.4, 0.5) is 10.6 Å². The smallest absolute Gasteiger partial charge is 0.320 e. The lowest BCUT2D eigenvalue weighted by Crippen LogP contribution is -2.51. The first-order valence-corrected chi connectivity index (χ1v) is 8.43. The zero-order valence-electron chi connectivity index (χ0n) is 14.7. The van der Waals surface area contributed by atoms with Crippen LogP contribution in [0.1, 0.15) is 6.42 Å². The molecule has 24 heavy (non-hydrogen) atoms. The van der Waals surface area contributed by atoms with E-state index < -0.39 is 0 Å². The van der Waals surface area contributed by atoms with E-state index >= 15 is 0 Å². The molecule has 0 aromatic carbocycles. The summed E-state index contributed by atoms with van der Waals surface area (Å²) in [7, 11) is 5.93. The molecule has 2 aliphatic heterocycles. The van der Waals surface area contributed by atoms with Crippen LogP contribution in [0, 0.1) is 0 Å². The predicted molar refractivity (Wildman–Crippen MR) is 91.4 cm³/mol. The first-order valence-electron chi connectivity index (χ1n) is 8.43. The van der Waals surface area contributed by atoms with Crippen molar-refractivity contribution in [3.05, 3.63) is 12.1 Å². The molecule has 132 valence electrons. The molecule has 8 nitrogen and oxygen atoms in total. The Hall–Kier alpha value is -2.09. The highest BCUT2D eigenvalue weighted by molar-refractivity contribution is 5.75. The minimum Gasteiger partial charge on any atom is -0.471 e. The molecular formula is C16H26N6O2. The van der Waals surface area contributed by atoms with E-state index in [1.54, 1.807) is 0 Å². The Labute approximate surface area is 143 Å². The van der Waals surface area contributed by atoms with Crippen molar-refractivity contribution < 1.29 is 9.53 Å². The number of aromatic nitrogens is 2. The van der Waals surface area contributed by atoms with E-state index in [1.807, 2.05) is 40.9 Å². The number of urea groups is 1. The number of anilines is 1. The molecule has 2 fully saturated rings. The number of likely N-dealkylation sites (tertiary alicyclic amines) is 1. The first kappa shape index (κ1) is 16.8. The van der Waals surface area contributed by atoms with Crippen LogP contribution in [0.2, 0.25) is 0 Å². The van der Waals surface area contributed by atoms with E-state index in [9.17, 15) is 4.79 Å². The molecule has 0 saturated carbocycles. The van der Waals surface area contributed by atoms with Crippen molar-refractivity contribution in [1.29, 1.82) is 0 Å². The van der Waals surface area contributed by atoms with Gasteiger partial charge in [0.25, 0.3) is 0 Å². The standard InChI is InChI=1S/C16H26N6O2/c1-19(2)14-4-5-15(18-17-14)24-13-6-7-22(12-13)16(23)21-10-8-20(3)9-11-21/h4-5,13H,6-12H2,1-3H3/t13-/m1/s1. The molecule has 2 amide bonds. The highest BCUT2D eigenvalue weighted by Crippen LogP contribution is 2.19. The van der Waals surface area contributed by atoms with Gasteiger partial charge in [0.1, 0.15) is 6.10 Å². The van der Waals surface area contributed by atoms with Gasteiger partial charge in [-0.3, -0.25) is 0 Å². The number of nitrogens with zero attached hydrogens (tertiary/aromatic N) is 6. The molecule has 0 bridgehead atoms. The van der Waals surface area contributed by atoms with E-state index in [0.717, 1.165) is 45.0 Å². The number of rotatable bonds is 3. The number of hydrogen-bond acceptors (Lipinski definition) is 6. The first-order chi connectivity index (χ1) is 11.5. The summed E-state index contributed by atoms with van der Waals surface area (Å²) in [6.07, 6.45) is 0.817. The fourth-order valence-corrected chi connectivity index (χ4v) is 2.98. The normalized spacial score (nSPS) is 21.9. The van der Waals surface area contributed by atoms with Crippen LogP contribution < -0.4 is 9.64 Å². The third-order valence-corrected chi connectivity index (χ3v) is 4.56. The average Bonchev–Trinajstić information content (AvgIpc) is 3.04. The minimum absolute atomic E-state index is 0.0130. The van der Waals surface area contributed by atoms with Gasteiger partial charge in [0, 0.05) is 59.3 Å². The molecule has 3 rings (SSSR count). The maximum atomic E-state index is 12.6.